The summed E-state index contributed by atoms with van der Waals surface area (Å²) in [6.45, 7) is 16.1. The van der Waals surface area contributed by atoms with Crippen molar-refractivity contribution in [3.63, 3.8) is 0 Å². The van der Waals surface area contributed by atoms with Crippen molar-refractivity contribution in [3.8, 4) is 34.5 Å². The second-order valence-electron chi connectivity index (χ2n) is 22.9. The maximum Gasteiger partial charge on any atom is 0.337 e. The van der Waals surface area contributed by atoms with Crippen molar-refractivity contribution in [2.24, 2.45) is 0 Å². The Kier molecular flexibility index (Phi) is 43.1. The van der Waals surface area contributed by atoms with Crippen LogP contribution in [0.2, 0.25) is 0 Å². The molecule has 86 heavy (non-hydrogen) atoms. The summed E-state index contributed by atoms with van der Waals surface area (Å²) in [6, 6.07) is 11.6. The van der Waals surface area contributed by atoms with E-state index in [0.29, 0.717) is 85.5 Å². The van der Waals surface area contributed by atoms with Crippen molar-refractivity contribution in [1.29, 1.82) is 0 Å². The smallest absolute Gasteiger partial charge is 0.337 e. The summed E-state index contributed by atoms with van der Waals surface area (Å²) in [5.41, 5.74) is 11.2. The van der Waals surface area contributed by atoms with Crippen molar-refractivity contribution >= 4 is 35.3 Å². The fourth-order valence-electron chi connectivity index (χ4n) is 9.83. The summed E-state index contributed by atoms with van der Waals surface area (Å²) in [6.07, 6.45) is 40.1. The third kappa shape index (κ3) is 34.3. The van der Waals surface area contributed by atoms with Gasteiger partial charge in [-0.15, -0.1) is 0 Å². The summed E-state index contributed by atoms with van der Waals surface area (Å²) < 4.78 is 38.3. The van der Waals surface area contributed by atoms with E-state index in [1.807, 2.05) is 0 Å². The lowest BCUT2D eigenvalue weighted by Gasteiger charge is -2.19. The first-order valence-electron chi connectivity index (χ1n) is 34.1. The first kappa shape index (κ1) is 74.2. The van der Waals surface area contributed by atoms with E-state index in [0.717, 1.165) is 116 Å². The first-order chi connectivity index (χ1) is 42.2. The van der Waals surface area contributed by atoms with Crippen LogP contribution >= 0.6 is 0 Å². The molecule has 0 bridgehead atoms. The van der Waals surface area contributed by atoms with Gasteiger partial charge in [-0.1, -0.05) is 234 Å². The molecule has 6 N–H and O–H groups in total. The number of rotatable bonds is 52. The number of anilines is 2. The summed E-state index contributed by atoms with van der Waals surface area (Å²) in [5.74, 6) is 1.64. The summed E-state index contributed by atoms with van der Waals surface area (Å²) in [5, 5.41) is 5.42. The molecule has 6 amide bonds. The number of carbonyl (C=O) groups is 4. The van der Waals surface area contributed by atoms with E-state index >= 15 is 0 Å². The number of hydrogen-bond acceptors (Lipinski definition) is 10. The Morgan fingerprint density at radius 1 is 0.279 bits per heavy atom. The van der Waals surface area contributed by atoms with Crippen molar-refractivity contribution in [2.45, 2.75) is 273 Å². The minimum atomic E-state index is -0.693. The zero-order valence-electron chi connectivity index (χ0n) is 54.4. The number of ether oxygens (including phenoxy) is 6. The lowest BCUT2D eigenvalue weighted by atomic mass is 10.1. The van der Waals surface area contributed by atoms with Gasteiger partial charge in [0.1, 0.15) is 0 Å². The van der Waals surface area contributed by atoms with Crippen LogP contribution in [0.25, 0.3) is 0 Å². The maximum atomic E-state index is 13.8. The molecule has 16 heteroatoms. The van der Waals surface area contributed by atoms with E-state index in [4.69, 9.17) is 28.4 Å². The molecule has 0 saturated carbocycles. The van der Waals surface area contributed by atoms with Gasteiger partial charge in [0.25, 0.3) is 11.8 Å². The fourth-order valence-corrected chi connectivity index (χ4v) is 9.83. The molecule has 3 rings (SSSR count). The Morgan fingerprint density at radius 3 is 0.721 bits per heavy atom. The van der Waals surface area contributed by atoms with E-state index in [1.54, 1.807) is 48.5 Å². The monoisotopic (exact) mass is 1200 g/mol. The molecule has 0 spiro atoms. The molecular weight excluding hydrogens is 1080 g/mol. The molecule has 16 nitrogen and oxygen atoms in total. The lowest BCUT2D eigenvalue weighted by molar-refractivity contribution is 0.0930. The van der Waals surface area contributed by atoms with Gasteiger partial charge in [-0.05, 0) is 87.1 Å². The number of unbranched alkanes of at least 4 members (excludes halogenated alkanes) is 30. The van der Waals surface area contributed by atoms with Gasteiger partial charge in [-0.2, -0.15) is 0 Å². The van der Waals surface area contributed by atoms with E-state index in [-0.39, 0.29) is 11.1 Å². The van der Waals surface area contributed by atoms with Gasteiger partial charge < -0.3 is 39.1 Å². The number of carbonyl (C=O) groups excluding carboxylic acids is 4. The Bertz CT molecular complexity index is 2010. The van der Waals surface area contributed by atoms with Crippen molar-refractivity contribution in [3.05, 3.63) is 59.7 Å². The number of hydrogen-bond donors (Lipinski definition) is 6. The number of benzene rings is 3. The van der Waals surface area contributed by atoms with Gasteiger partial charge in [-0.25, -0.2) is 20.4 Å². The lowest BCUT2D eigenvalue weighted by Crippen LogP contribution is -2.44. The number of amides is 6. The quantitative estimate of drug-likeness (QED) is 0.0234. The molecule has 0 aliphatic rings. The van der Waals surface area contributed by atoms with E-state index in [2.05, 4.69) is 73.9 Å². The Morgan fingerprint density at radius 2 is 0.488 bits per heavy atom. The topological polar surface area (TPSA) is 196 Å². The average molecular weight is 1200 g/mol. The van der Waals surface area contributed by atoms with Gasteiger partial charge >= 0.3 is 12.1 Å². The first-order valence-corrected chi connectivity index (χ1v) is 34.1. The number of urea groups is 2. The zero-order valence-corrected chi connectivity index (χ0v) is 54.4. The molecule has 3 aromatic carbocycles. The van der Waals surface area contributed by atoms with Crippen molar-refractivity contribution in [1.82, 2.24) is 21.7 Å². The minimum absolute atomic E-state index is 0.245. The molecule has 0 unspecified atom stereocenters. The summed E-state index contributed by atoms with van der Waals surface area (Å²) in [7, 11) is 0. The second-order valence-corrected chi connectivity index (χ2v) is 22.9. The highest BCUT2D eigenvalue weighted by Crippen LogP contribution is 2.41. The molecule has 0 saturated heterocycles. The van der Waals surface area contributed by atoms with Crippen molar-refractivity contribution in [2.75, 3.05) is 50.3 Å². The molecule has 0 aliphatic carbocycles. The van der Waals surface area contributed by atoms with Gasteiger partial charge in [0.05, 0.1) is 39.6 Å². The van der Waals surface area contributed by atoms with Crippen LogP contribution < -0.4 is 60.8 Å². The molecule has 486 valence electrons. The van der Waals surface area contributed by atoms with Gasteiger partial charge in [0.2, 0.25) is 11.5 Å². The van der Waals surface area contributed by atoms with Gasteiger partial charge in [0.15, 0.2) is 23.0 Å². The molecule has 3 aromatic rings. The van der Waals surface area contributed by atoms with E-state index < -0.39 is 23.9 Å². The average Bonchev–Trinajstić information content (AvgIpc) is 3.01. The van der Waals surface area contributed by atoms with Crippen LogP contribution in [0.15, 0.2) is 48.5 Å². The highest BCUT2D eigenvalue weighted by molar-refractivity contribution is 5.99. The summed E-state index contributed by atoms with van der Waals surface area (Å²) >= 11 is 0. The van der Waals surface area contributed by atoms with Crippen LogP contribution in [0.4, 0.5) is 21.0 Å². The third-order valence-electron chi connectivity index (χ3n) is 15.1. The third-order valence-corrected chi connectivity index (χ3v) is 15.1. The van der Waals surface area contributed by atoms with E-state index in [1.165, 1.54) is 116 Å². The fraction of sp³-hybridized carbons (Fsp3) is 0.686. The Hall–Kier alpha value is -6.06. The zero-order chi connectivity index (χ0) is 61.9. The molecular formula is C70H116N6O10. The SMILES string of the molecule is CCCCCCCCOc1cc(C(=O)NNC(=O)Nc2ccc(NC(=O)NNC(=O)c3cc(OCCCCCCCC)c(OCCCCCCCC)c(OCCCCCCCC)c3)cc2)cc(OCCCCCCCC)c1OCCCCCCCC. The predicted octanol–water partition coefficient (Wildman–Crippen LogP) is 19.1. The standard InChI is InChI=1S/C70H116N6O10/c1-7-13-19-25-31-37-47-81-61-53-57(54-62(82-48-38-32-26-20-14-8-2)65(61)85-51-41-35-29-23-17-11-5)67(77)73-75-69(79)71-59-43-45-60(46-44-59)72-70(80)76-74-68(78)58-55-63(83-49-39-33-27-21-15-9-3)66(86-52-42-36-30-24-18-12-6)64(56-58)84-50-40-34-28-22-16-10-4/h43-46,53-56H,7-42,47-52H2,1-6H3,(H,73,77)(H,74,78)(H2,71,75,79)(H2,72,76,80). The molecule has 0 atom stereocenters. The van der Waals surface area contributed by atoms with Crippen LogP contribution in [0.1, 0.15) is 293 Å². The highest BCUT2D eigenvalue weighted by Gasteiger charge is 2.22. The molecule has 0 aliphatic heterocycles. The van der Waals surface area contributed by atoms with Crippen LogP contribution in [0, 0.1) is 0 Å². The van der Waals surface area contributed by atoms with Gasteiger partial charge in [-0.3, -0.25) is 20.4 Å². The van der Waals surface area contributed by atoms with Crippen LogP contribution in [-0.2, 0) is 0 Å². The second kappa shape index (κ2) is 50.0. The Balaban J connectivity index is 1.68. The molecule has 0 heterocycles. The molecule has 0 aromatic heterocycles. The summed E-state index contributed by atoms with van der Waals surface area (Å²) in [4.78, 5) is 53.9. The predicted molar refractivity (Wildman–Crippen MR) is 352 cm³/mol. The molecule has 0 radical (unpaired) electrons. The van der Waals surface area contributed by atoms with Gasteiger partial charge in [0, 0.05) is 22.5 Å². The Labute approximate surface area is 519 Å². The van der Waals surface area contributed by atoms with E-state index in [9.17, 15) is 19.2 Å². The number of hydrazine groups is 2. The van der Waals surface area contributed by atoms with Crippen molar-refractivity contribution < 1.29 is 47.6 Å². The molecule has 0 fully saturated rings. The normalized spacial score (nSPS) is 11.0. The maximum absolute atomic E-state index is 13.8. The van der Waals surface area contributed by atoms with Crippen LogP contribution in [0.5, 0.6) is 34.5 Å². The largest absolute Gasteiger partial charge is 0.490 e. The van der Waals surface area contributed by atoms with Crippen LogP contribution in [0.3, 0.4) is 0 Å². The minimum Gasteiger partial charge on any atom is -0.490 e. The highest BCUT2D eigenvalue weighted by atomic mass is 16.5. The number of nitrogens with one attached hydrogen (secondary N) is 6. The van der Waals surface area contributed by atoms with Crippen LogP contribution in [-0.4, -0.2) is 63.5 Å².